The average molecular weight is 193 g/mol. The Kier molecular flexibility index (Phi) is 4.44. The van der Waals surface area contributed by atoms with Crippen LogP contribution in [0.15, 0.2) is 0 Å². The number of hydrogen-bond donors (Lipinski definition) is 3. The van der Waals surface area contributed by atoms with Crippen LogP contribution in [0.3, 0.4) is 0 Å². The van der Waals surface area contributed by atoms with Crippen LogP contribution < -0.4 is 5.32 Å². The van der Waals surface area contributed by atoms with Crippen molar-refractivity contribution in [3.8, 4) is 0 Å². The first-order valence-electron chi connectivity index (χ1n) is 3.17. The van der Waals surface area contributed by atoms with Crippen LogP contribution >= 0.6 is 24.8 Å². The predicted molar refractivity (Wildman–Crippen MR) is 51.0 cm³/mol. The SMILES string of the molecule is CC(C)C(NC(=S)S)C(=O)O. The molecule has 0 aliphatic carbocycles. The van der Waals surface area contributed by atoms with Gasteiger partial charge in [-0.2, -0.15) is 0 Å². The molecule has 0 aromatic heterocycles. The third kappa shape index (κ3) is 4.21. The molecule has 5 heteroatoms. The Morgan fingerprint density at radius 1 is 1.64 bits per heavy atom. The summed E-state index contributed by atoms with van der Waals surface area (Å²) in [5, 5.41) is 11.2. The third-order valence-electron chi connectivity index (χ3n) is 1.21. The number of aliphatic carboxylic acids is 1. The Labute approximate surface area is 76.6 Å². The fourth-order valence-electron chi connectivity index (χ4n) is 0.647. The molecule has 0 radical (unpaired) electrons. The molecule has 0 heterocycles. The van der Waals surface area contributed by atoms with Crippen LogP contribution in [0.5, 0.6) is 0 Å². The molecule has 0 spiro atoms. The van der Waals surface area contributed by atoms with E-state index in [1.165, 1.54) is 0 Å². The molecule has 0 saturated heterocycles. The minimum Gasteiger partial charge on any atom is -0.480 e. The lowest BCUT2D eigenvalue weighted by Gasteiger charge is -2.17. The smallest absolute Gasteiger partial charge is 0.326 e. The second-order valence-electron chi connectivity index (χ2n) is 2.51. The molecule has 0 fully saturated rings. The summed E-state index contributed by atoms with van der Waals surface area (Å²) in [6, 6.07) is -0.639. The highest BCUT2D eigenvalue weighted by Crippen LogP contribution is 2.02. The molecule has 1 unspecified atom stereocenters. The fraction of sp³-hybridized carbons (Fsp3) is 0.667. The van der Waals surface area contributed by atoms with Gasteiger partial charge in [0.2, 0.25) is 0 Å². The van der Waals surface area contributed by atoms with Gasteiger partial charge >= 0.3 is 5.97 Å². The molecular formula is C6H11NO2S2. The lowest BCUT2D eigenvalue weighted by molar-refractivity contribution is -0.140. The maximum Gasteiger partial charge on any atom is 0.326 e. The van der Waals surface area contributed by atoms with Gasteiger partial charge in [0.05, 0.1) is 0 Å². The molecule has 11 heavy (non-hydrogen) atoms. The summed E-state index contributed by atoms with van der Waals surface area (Å²) < 4.78 is 0.214. The van der Waals surface area contributed by atoms with E-state index >= 15 is 0 Å². The summed E-state index contributed by atoms with van der Waals surface area (Å²) in [6.45, 7) is 3.61. The van der Waals surface area contributed by atoms with Crippen molar-refractivity contribution < 1.29 is 9.90 Å². The zero-order valence-corrected chi connectivity index (χ0v) is 8.08. The van der Waals surface area contributed by atoms with Crippen molar-refractivity contribution >= 4 is 35.1 Å². The molecule has 0 aliphatic rings. The maximum atomic E-state index is 10.5. The van der Waals surface area contributed by atoms with Crippen LogP contribution in [-0.2, 0) is 4.79 Å². The van der Waals surface area contributed by atoms with Gasteiger partial charge in [-0.1, -0.05) is 26.1 Å². The minimum atomic E-state index is -0.906. The largest absolute Gasteiger partial charge is 0.480 e. The summed E-state index contributed by atoms with van der Waals surface area (Å²) in [4.78, 5) is 10.5. The highest BCUT2D eigenvalue weighted by atomic mass is 32.1. The molecule has 0 aromatic carbocycles. The fourth-order valence-corrected chi connectivity index (χ4v) is 0.913. The summed E-state index contributed by atoms with van der Waals surface area (Å²) in [6.07, 6.45) is 0. The Morgan fingerprint density at radius 2 is 2.09 bits per heavy atom. The van der Waals surface area contributed by atoms with Gasteiger partial charge in [0.1, 0.15) is 10.4 Å². The van der Waals surface area contributed by atoms with E-state index in [0.29, 0.717) is 0 Å². The van der Waals surface area contributed by atoms with E-state index in [1.54, 1.807) is 13.8 Å². The number of carboxylic acid groups (broad SMARTS) is 1. The molecule has 3 nitrogen and oxygen atoms in total. The van der Waals surface area contributed by atoms with Crippen LogP contribution in [0.1, 0.15) is 13.8 Å². The molecule has 0 rings (SSSR count). The van der Waals surface area contributed by atoms with Crippen molar-refractivity contribution in [3.63, 3.8) is 0 Å². The van der Waals surface area contributed by atoms with Crippen molar-refractivity contribution in [1.82, 2.24) is 5.32 Å². The van der Waals surface area contributed by atoms with E-state index in [9.17, 15) is 4.79 Å². The highest BCUT2D eigenvalue weighted by Gasteiger charge is 2.20. The van der Waals surface area contributed by atoms with Crippen LogP contribution in [0, 0.1) is 5.92 Å². The van der Waals surface area contributed by atoms with Crippen LogP contribution in [-0.4, -0.2) is 21.4 Å². The van der Waals surface area contributed by atoms with Gasteiger partial charge in [0.25, 0.3) is 0 Å². The maximum absolute atomic E-state index is 10.5. The Hall–Kier alpha value is -0.290. The lowest BCUT2D eigenvalue weighted by Crippen LogP contribution is -2.42. The lowest BCUT2D eigenvalue weighted by atomic mass is 10.1. The van der Waals surface area contributed by atoms with Gasteiger partial charge in [-0.3, -0.25) is 0 Å². The minimum absolute atomic E-state index is 0.00222. The van der Waals surface area contributed by atoms with E-state index < -0.39 is 12.0 Å². The first-order chi connectivity index (χ1) is 4.95. The molecule has 0 aromatic rings. The van der Waals surface area contributed by atoms with Crippen LogP contribution in [0.4, 0.5) is 0 Å². The second-order valence-corrected chi connectivity index (χ2v) is 3.67. The molecule has 0 bridgehead atoms. The Balaban J connectivity index is 4.12. The van der Waals surface area contributed by atoms with Gasteiger partial charge in [0, 0.05) is 0 Å². The normalized spacial score (nSPS) is 12.7. The predicted octanol–water partition coefficient (Wildman–Crippen LogP) is 0.900. The zero-order chi connectivity index (χ0) is 9.02. The summed E-state index contributed by atoms with van der Waals surface area (Å²) in [5.41, 5.74) is 0. The topological polar surface area (TPSA) is 49.3 Å². The standard InChI is InChI=1S/C6H11NO2S2/c1-3(2)4(5(8)9)7-6(10)11/h3-4H,1-2H3,(H,8,9)(H2,7,10,11). The number of thiocarbonyl (C=S) groups is 1. The number of carboxylic acids is 1. The van der Waals surface area contributed by atoms with E-state index in [1.807, 2.05) is 0 Å². The molecule has 1 atom stereocenters. The molecule has 2 N–H and O–H groups in total. The van der Waals surface area contributed by atoms with Gasteiger partial charge < -0.3 is 10.4 Å². The Morgan fingerprint density at radius 3 is 2.18 bits per heavy atom. The van der Waals surface area contributed by atoms with Crippen molar-refractivity contribution in [3.05, 3.63) is 0 Å². The molecule has 0 amide bonds. The molecule has 0 saturated carbocycles. The summed E-state index contributed by atoms with van der Waals surface area (Å²) in [7, 11) is 0. The molecular weight excluding hydrogens is 182 g/mol. The van der Waals surface area contributed by atoms with Crippen molar-refractivity contribution in [2.75, 3.05) is 0 Å². The van der Waals surface area contributed by atoms with Gasteiger partial charge in [-0.05, 0) is 5.92 Å². The van der Waals surface area contributed by atoms with E-state index in [4.69, 9.17) is 5.11 Å². The summed E-state index contributed by atoms with van der Waals surface area (Å²) >= 11 is 8.38. The van der Waals surface area contributed by atoms with Crippen LogP contribution in [0.25, 0.3) is 0 Å². The number of rotatable bonds is 3. The quantitative estimate of drug-likeness (QED) is 0.460. The molecule has 0 aliphatic heterocycles. The van der Waals surface area contributed by atoms with Gasteiger partial charge in [-0.15, -0.1) is 12.6 Å². The number of thiol groups is 1. The van der Waals surface area contributed by atoms with Gasteiger partial charge in [0.15, 0.2) is 0 Å². The first-order valence-corrected chi connectivity index (χ1v) is 4.03. The van der Waals surface area contributed by atoms with Crippen molar-refractivity contribution in [1.29, 1.82) is 0 Å². The van der Waals surface area contributed by atoms with E-state index in [0.717, 1.165) is 0 Å². The van der Waals surface area contributed by atoms with Crippen molar-refractivity contribution in [2.24, 2.45) is 5.92 Å². The average Bonchev–Trinajstić information content (AvgIpc) is 1.81. The number of carbonyl (C=O) groups is 1. The second kappa shape index (κ2) is 4.56. The van der Waals surface area contributed by atoms with Crippen LogP contribution in [0.2, 0.25) is 0 Å². The summed E-state index contributed by atoms with van der Waals surface area (Å²) in [5.74, 6) is -0.908. The van der Waals surface area contributed by atoms with E-state index in [2.05, 4.69) is 30.2 Å². The zero-order valence-electron chi connectivity index (χ0n) is 6.37. The first kappa shape index (κ1) is 10.7. The Bertz CT molecular complexity index is 170. The number of hydrogen-bond acceptors (Lipinski definition) is 2. The third-order valence-corrected chi connectivity index (χ3v) is 1.46. The van der Waals surface area contributed by atoms with E-state index in [-0.39, 0.29) is 10.2 Å². The number of nitrogens with one attached hydrogen (secondary N) is 1. The molecule has 64 valence electrons. The highest BCUT2D eigenvalue weighted by molar-refractivity contribution is 8.11. The monoisotopic (exact) mass is 193 g/mol. The van der Waals surface area contributed by atoms with Crippen molar-refractivity contribution in [2.45, 2.75) is 19.9 Å². The van der Waals surface area contributed by atoms with Gasteiger partial charge in [-0.25, -0.2) is 4.79 Å².